The molecule has 0 aliphatic carbocycles. The lowest BCUT2D eigenvalue weighted by molar-refractivity contribution is 0.127. The largest absolute Gasteiger partial charge is 0.388 e. The molecule has 4 heteroatoms. The molecule has 1 N–H and O–H groups in total. The standard InChI is InChI=1S/C17H21N3O/c1-12(2)17(21)13-8-9-20(10-13)11-15-14-6-4-5-7-16(14)19(3)18-15/h4-10,12,17,21H,11H2,1-3H3. The van der Waals surface area contributed by atoms with Crippen molar-refractivity contribution in [1.82, 2.24) is 14.3 Å². The molecule has 1 unspecified atom stereocenters. The molecule has 0 fully saturated rings. The van der Waals surface area contributed by atoms with E-state index in [0.29, 0.717) is 6.54 Å². The quantitative estimate of drug-likeness (QED) is 0.799. The van der Waals surface area contributed by atoms with Crippen LogP contribution in [0.15, 0.2) is 42.7 Å². The molecule has 3 aromatic rings. The highest BCUT2D eigenvalue weighted by Gasteiger charge is 2.14. The summed E-state index contributed by atoms with van der Waals surface area (Å²) >= 11 is 0. The van der Waals surface area contributed by atoms with Gasteiger partial charge in [-0.05, 0) is 23.6 Å². The van der Waals surface area contributed by atoms with Crippen LogP contribution < -0.4 is 0 Å². The van der Waals surface area contributed by atoms with Crippen LogP contribution in [0.4, 0.5) is 0 Å². The molecule has 0 bridgehead atoms. The summed E-state index contributed by atoms with van der Waals surface area (Å²) < 4.78 is 3.99. The van der Waals surface area contributed by atoms with Crippen molar-refractivity contribution in [1.29, 1.82) is 0 Å². The van der Waals surface area contributed by atoms with Crippen LogP contribution in [-0.4, -0.2) is 19.5 Å². The van der Waals surface area contributed by atoms with E-state index in [0.717, 1.165) is 16.8 Å². The van der Waals surface area contributed by atoms with Crippen molar-refractivity contribution in [2.24, 2.45) is 13.0 Å². The number of aromatic nitrogens is 3. The van der Waals surface area contributed by atoms with Gasteiger partial charge in [-0.3, -0.25) is 4.68 Å². The molecule has 0 radical (unpaired) electrons. The molecule has 1 aromatic carbocycles. The zero-order chi connectivity index (χ0) is 15.0. The van der Waals surface area contributed by atoms with Gasteiger partial charge in [0.2, 0.25) is 0 Å². The number of aliphatic hydroxyl groups excluding tert-OH is 1. The summed E-state index contributed by atoms with van der Waals surface area (Å²) in [6, 6.07) is 10.2. The number of hydrogen-bond donors (Lipinski definition) is 1. The van der Waals surface area contributed by atoms with Gasteiger partial charge in [0.25, 0.3) is 0 Å². The Balaban J connectivity index is 1.89. The lowest BCUT2D eigenvalue weighted by atomic mass is 10.0. The van der Waals surface area contributed by atoms with Crippen molar-refractivity contribution < 1.29 is 5.11 Å². The average Bonchev–Trinajstić information content (AvgIpc) is 3.05. The van der Waals surface area contributed by atoms with Crippen LogP contribution in [0.5, 0.6) is 0 Å². The molecule has 1 atom stereocenters. The molecule has 0 saturated carbocycles. The SMILES string of the molecule is CC(C)C(O)c1ccn(Cc2nn(C)c3ccccc23)c1. The Hall–Kier alpha value is -2.07. The Morgan fingerprint density at radius 2 is 1.95 bits per heavy atom. The van der Waals surface area contributed by atoms with Gasteiger partial charge in [0.05, 0.1) is 23.9 Å². The van der Waals surface area contributed by atoms with Crippen molar-refractivity contribution in [3.8, 4) is 0 Å². The van der Waals surface area contributed by atoms with Gasteiger partial charge in [-0.25, -0.2) is 0 Å². The van der Waals surface area contributed by atoms with Gasteiger partial charge in [-0.15, -0.1) is 0 Å². The summed E-state index contributed by atoms with van der Waals surface area (Å²) in [5.41, 5.74) is 3.15. The van der Waals surface area contributed by atoms with E-state index < -0.39 is 6.10 Å². The average molecular weight is 283 g/mol. The second-order valence-electron chi connectivity index (χ2n) is 5.89. The van der Waals surface area contributed by atoms with Crippen molar-refractivity contribution >= 4 is 10.9 Å². The first-order valence-electron chi connectivity index (χ1n) is 7.30. The van der Waals surface area contributed by atoms with Crippen LogP contribution in [0.1, 0.15) is 31.2 Å². The van der Waals surface area contributed by atoms with E-state index in [4.69, 9.17) is 0 Å². The van der Waals surface area contributed by atoms with E-state index in [-0.39, 0.29) is 5.92 Å². The fourth-order valence-electron chi connectivity index (χ4n) is 2.70. The molecule has 110 valence electrons. The second kappa shape index (κ2) is 5.37. The number of benzene rings is 1. The zero-order valence-electron chi connectivity index (χ0n) is 12.7. The molecule has 4 nitrogen and oxygen atoms in total. The van der Waals surface area contributed by atoms with E-state index in [9.17, 15) is 5.11 Å². The number of aryl methyl sites for hydroxylation is 1. The minimum absolute atomic E-state index is 0.219. The lowest BCUT2D eigenvalue weighted by Gasteiger charge is -2.12. The fraction of sp³-hybridized carbons (Fsp3) is 0.353. The summed E-state index contributed by atoms with van der Waals surface area (Å²) in [5.74, 6) is 0.219. The third kappa shape index (κ3) is 2.59. The van der Waals surface area contributed by atoms with Crippen LogP contribution in [0.3, 0.4) is 0 Å². The molecule has 0 aliphatic rings. The molecule has 2 aromatic heterocycles. The van der Waals surface area contributed by atoms with Crippen LogP contribution >= 0.6 is 0 Å². The lowest BCUT2D eigenvalue weighted by Crippen LogP contribution is -2.04. The maximum atomic E-state index is 10.1. The van der Waals surface area contributed by atoms with Crippen molar-refractivity contribution in [3.63, 3.8) is 0 Å². The summed E-state index contributed by atoms with van der Waals surface area (Å²) in [4.78, 5) is 0. The third-order valence-corrected chi connectivity index (χ3v) is 3.91. The van der Waals surface area contributed by atoms with Crippen molar-refractivity contribution in [2.75, 3.05) is 0 Å². The maximum absolute atomic E-state index is 10.1. The Morgan fingerprint density at radius 1 is 1.19 bits per heavy atom. The predicted molar refractivity (Wildman–Crippen MR) is 84.0 cm³/mol. The van der Waals surface area contributed by atoms with E-state index in [1.54, 1.807) is 0 Å². The Morgan fingerprint density at radius 3 is 2.71 bits per heavy atom. The fourth-order valence-corrected chi connectivity index (χ4v) is 2.70. The Kier molecular flexibility index (Phi) is 3.55. The van der Waals surface area contributed by atoms with Gasteiger partial charge in [0.1, 0.15) is 0 Å². The molecule has 0 aliphatic heterocycles. The van der Waals surface area contributed by atoms with Crippen LogP contribution in [0.2, 0.25) is 0 Å². The van der Waals surface area contributed by atoms with Crippen molar-refractivity contribution in [2.45, 2.75) is 26.5 Å². The van der Waals surface area contributed by atoms with Crippen molar-refractivity contribution in [3.05, 3.63) is 54.0 Å². The number of fused-ring (bicyclic) bond motifs is 1. The molecular formula is C17H21N3O. The molecule has 21 heavy (non-hydrogen) atoms. The van der Waals surface area contributed by atoms with Gasteiger partial charge in [0, 0.05) is 24.8 Å². The van der Waals surface area contributed by atoms with E-state index >= 15 is 0 Å². The predicted octanol–water partition coefficient (Wildman–Crippen LogP) is 3.11. The van der Waals surface area contributed by atoms with Crippen LogP contribution in [0, 0.1) is 5.92 Å². The highest BCUT2D eigenvalue weighted by Crippen LogP contribution is 2.23. The smallest absolute Gasteiger partial charge is 0.0900 e. The summed E-state index contributed by atoms with van der Waals surface area (Å²) in [7, 11) is 1.97. The highest BCUT2D eigenvalue weighted by molar-refractivity contribution is 5.81. The minimum atomic E-state index is -0.410. The maximum Gasteiger partial charge on any atom is 0.0900 e. The van der Waals surface area contributed by atoms with Gasteiger partial charge in [-0.2, -0.15) is 5.10 Å². The number of aliphatic hydroxyl groups is 1. The Bertz CT molecular complexity index is 754. The second-order valence-corrected chi connectivity index (χ2v) is 5.89. The zero-order valence-corrected chi connectivity index (χ0v) is 12.7. The first kappa shape index (κ1) is 13.9. The van der Waals surface area contributed by atoms with Gasteiger partial charge >= 0.3 is 0 Å². The van der Waals surface area contributed by atoms with Crippen LogP contribution in [0.25, 0.3) is 10.9 Å². The molecular weight excluding hydrogens is 262 g/mol. The molecule has 0 saturated heterocycles. The summed E-state index contributed by atoms with van der Waals surface area (Å²) in [6.07, 6.45) is 3.60. The van der Waals surface area contributed by atoms with Gasteiger partial charge in [-0.1, -0.05) is 32.0 Å². The topological polar surface area (TPSA) is 43.0 Å². The van der Waals surface area contributed by atoms with Gasteiger partial charge < -0.3 is 9.67 Å². The van der Waals surface area contributed by atoms with Gasteiger partial charge in [0.15, 0.2) is 0 Å². The first-order valence-corrected chi connectivity index (χ1v) is 7.30. The van der Waals surface area contributed by atoms with E-state index in [1.807, 2.05) is 56.2 Å². The normalized spacial score (nSPS) is 13.2. The summed E-state index contributed by atoms with van der Waals surface area (Å²) in [5, 5.41) is 15.9. The summed E-state index contributed by atoms with van der Waals surface area (Å²) in [6.45, 7) is 4.76. The highest BCUT2D eigenvalue weighted by atomic mass is 16.3. The molecule has 0 spiro atoms. The molecule has 2 heterocycles. The number of rotatable bonds is 4. The monoisotopic (exact) mass is 283 g/mol. The van der Waals surface area contributed by atoms with E-state index in [2.05, 4.69) is 21.8 Å². The third-order valence-electron chi connectivity index (χ3n) is 3.91. The van der Waals surface area contributed by atoms with E-state index in [1.165, 1.54) is 5.39 Å². The number of para-hydroxylation sites is 1. The number of hydrogen-bond acceptors (Lipinski definition) is 2. The minimum Gasteiger partial charge on any atom is -0.388 e. The molecule has 0 amide bonds. The first-order chi connectivity index (χ1) is 10.1. The Labute approximate surface area is 124 Å². The number of nitrogens with zero attached hydrogens (tertiary/aromatic N) is 3. The molecule has 3 rings (SSSR count). The van der Waals surface area contributed by atoms with Crippen LogP contribution in [-0.2, 0) is 13.6 Å².